The Morgan fingerprint density at radius 1 is 1.11 bits per heavy atom. The van der Waals surface area contributed by atoms with Gasteiger partial charge < -0.3 is 30.2 Å². The first kappa shape index (κ1) is 28.7. The highest BCUT2D eigenvalue weighted by atomic mass is 16.4. The van der Waals surface area contributed by atoms with Crippen LogP contribution in [0, 0.1) is 0 Å². The molecule has 1 saturated heterocycles. The molecule has 1 heterocycles. The third-order valence-corrected chi connectivity index (χ3v) is 6.54. The third kappa shape index (κ3) is 7.59. The second-order valence-electron chi connectivity index (χ2n) is 9.59. The smallest absolute Gasteiger partial charge is 0.305 e. The highest BCUT2D eigenvalue weighted by Crippen LogP contribution is 2.28. The van der Waals surface area contributed by atoms with Crippen molar-refractivity contribution < 1.29 is 29.1 Å². The van der Waals surface area contributed by atoms with E-state index in [-0.39, 0.29) is 37.1 Å². The average molecular weight is 526 g/mol. The van der Waals surface area contributed by atoms with Crippen LogP contribution in [0.1, 0.15) is 42.5 Å². The molecular formula is C27H35N5O6. The second-order valence-corrected chi connectivity index (χ2v) is 9.59. The highest BCUT2D eigenvalue weighted by Gasteiger charge is 2.25. The van der Waals surface area contributed by atoms with Gasteiger partial charge in [0, 0.05) is 56.3 Å². The maximum Gasteiger partial charge on any atom is 0.305 e. The van der Waals surface area contributed by atoms with Gasteiger partial charge in [0.1, 0.15) is 12.6 Å². The van der Waals surface area contributed by atoms with E-state index >= 15 is 0 Å². The highest BCUT2D eigenvalue weighted by molar-refractivity contribution is 6.10. The summed E-state index contributed by atoms with van der Waals surface area (Å²) in [4.78, 5) is 61.5. The van der Waals surface area contributed by atoms with Gasteiger partial charge in [-0.3, -0.25) is 19.4 Å². The number of hydrogen-bond acceptors (Lipinski definition) is 8. The summed E-state index contributed by atoms with van der Waals surface area (Å²) in [6.45, 7) is 0.817. The summed E-state index contributed by atoms with van der Waals surface area (Å²) in [5.41, 5.74) is 4.53. The van der Waals surface area contributed by atoms with Crippen LogP contribution in [-0.2, 0) is 19.2 Å². The molecule has 0 aliphatic carbocycles. The Morgan fingerprint density at radius 3 is 2.47 bits per heavy atom. The number of hydrogen-bond donors (Lipinski definition) is 4. The predicted molar refractivity (Wildman–Crippen MR) is 143 cm³/mol. The van der Waals surface area contributed by atoms with E-state index in [1.807, 2.05) is 49.3 Å². The van der Waals surface area contributed by atoms with E-state index in [9.17, 15) is 24.0 Å². The number of rotatable bonds is 13. The number of carbonyl (C=O) groups excluding carboxylic acids is 4. The minimum atomic E-state index is -1.07. The van der Waals surface area contributed by atoms with Crippen molar-refractivity contribution in [3.63, 3.8) is 0 Å². The minimum Gasteiger partial charge on any atom is -0.481 e. The zero-order valence-electron chi connectivity index (χ0n) is 21.7. The Bertz CT molecular complexity index is 1170. The van der Waals surface area contributed by atoms with Crippen LogP contribution >= 0.6 is 0 Å². The zero-order valence-corrected chi connectivity index (χ0v) is 21.7. The van der Waals surface area contributed by atoms with Crippen LogP contribution in [0.4, 0.5) is 5.69 Å². The molecular weight excluding hydrogens is 490 g/mol. The first-order chi connectivity index (χ1) is 18.2. The molecule has 0 radical (unpaired) electrons. The Kier molecular flexibility index (Phi) is 10.3. The van der Waals surface area contributed by atoms with Crippen LogP contribution in [0.3, 0.4) is 0 Å². The fourth-order valence-electron chi connectivity index (χ4n) is 4.55. The summed E-state index contributed by atoms with van der Waals surface area (Å²) in [6.07, 6.45) is 2.57. The van der Waals surface area contributed by atoms with E-state index < -0.39 is 18.1 Å². The summed E-state index contributed by atoms with van der Waals surface area (Å²) in [6, 6.07) is 9.39. The second kappa shape index (κ2) is 13.6. The van der Waals surface area contributed by atoms with Crippen LogP contribution in [0.2, 0.25) is 0 Å². The first-order valence-electron chi connectivity index (χ1n) is 12.7. The molecule has 2 aromatic rings. The average Bonchev–Trinajstić information content (AvgIpc) is 2.92. The van der Waals surface area contributed by atoms with Crippen molar-refractivity contribution in [3.05, 3.63) is 42.0 Å². The van der Waals surface area contributed by atoms with Crippen LogP contribution in [-0.4, -0.2) is 85.8 Å². The maximum atomic E-state index is 13.1. The zero-order chi connectivity index (χ0) is 27.7. The number of benzene rings is 2. The predicted octanol–water partition coefficient (Wildman–Crippen LogP) is 1.11. The molecule has 38 heavy (non-hydrogen) atoms. The van der Waals surface area contributed by atoms with Crippen molar-refractivity contribution in [2.24, 2.45) is 0 Å². The van der Waals surface area contributed by atoms with Gasteiger partial charge in [0.15, 0.2) is 0 Å². The molecule has 0 unspecified atom stereocenters. The number of anilines is 1. The molecule has 0 aromatic heterocycles. The fraction of sp³-hybridized carbons (Fsp3) is 0.444. The minimum absolute atomic E-state index is 0.0487. The lowest BCUT2D eigenvalue weighted by Gasteiger charge is -2.34. The molecule has 11 nitrogen and oxygen atoms in total. The van der Waals surface area contributed by atoms with Gasteiger partial charge in [-0.15, -0.1) is 0 Å². The standard InChI is InChI=1S/C27H35N5O6/c1-31(2)24-11-10-23(21-7-3-4-8-22(21)24)27(38)29-19(16-33)9-12-25(35)32-13-5-6-18(30-32)15-28-20(17-34)14-26(36)37/h3-4,7-8,10-11,16-20,28,30H,5-6,9,12-15H2,1-2H3,(H,29,38)(H,36,37)/t18-,19-,20-/m0/s1. The van der Waals surface area contributed by atoms with E-state index in [0.29, 0.717) is 31.2 Å². The van der Waals surface area contributed by atoms with E-state index in [0.717, 1.165) is 29.3 Å². The number of amides is 2. The first-order valence-corrected chi connectivity index (χ1v) is 12.7. The van der Waals surface area contributed by atoms with E-state index in [1.165, 1.54) is 5.01 Å². The van der Waals surface area contributed by atoms with Gasteiger partial charge in [0.05, 0.1) is 18.5 Å². The number of hydrazine groups is 1. The van der Waals surface area contributed by atoms with Crippen molar-refractivity contribution in [2.75, 3.05) is 32.1 Å². The SMILES string of the molecule is CN(C)c1ccc(C(=O)N[C@H](C=O)CCC(=O)N2CCC[C@@H](CN[C@H](C=O)CC(=O)O)N2)c2ccccc12. The Labute approximate surface area is 221 Å². The summed E-state index contributed by atoms with van der Waals surface area (Å²) >= 11 is 0. The molecule has 0 spiro atoms. The lowest BCUT2D eigenvalue weighted by molar-refractivity contribution is -0.138. The van der Waals surface area contributed by atoms with Crippen LogP contribution in [0.25, 0.3) is 10.8 Å². The molecule has 11 heteroatoms. The summed E-state index contributed by atoms with van der Waals surface area (Å²) in [5, 5.41) is 17.7. The van der Waals surface area contributed by atoms with Gasteiger partial charge >= 0.3 is 5.97 Å². The fourth-order valence-corrected chi connectivity index (χ4v) is 4.55. The lowest BCUT2D eigenvalue weighted by atomic mass is 10.0. The molecule has 3 atom stereocenters. The Morgan fingerprint density at radius 2 is 1.82 bits per heavy atom. The van der Waals surface area contributed by atoms with Crippen molar-refractivity contribution in [3.8, 4) is 0 Å². The van der Waals surface area contributed by atoms with E-state index in [4.69, 9.17) is 5.11 Å². The number of aldehydes is 2. The van der Waals surface area contributed by atoms with E-state index in [1.54, 1.807) is 6.07 Å². The van der Waals surface area contributed by atoms with Gasteiger partial charge in [-0.25, -0.2) is 5.43 Å². The van der Waals surface area contributed by atoms with Crippen molar-refractivity contribution in [1.82, 2.24) is 21.1 Å². The van der Waals surface area contributed by atoms with Gasteiger partial charge in [-0.1, -0.05) is 24.3 Å². The molecule has 1 fully saturated rings. The summed E-state index contributed by atoms with van der Waals surface area (Å²) in [7, 11) is 3.86. The molecule has 4 N–H and O–H groups in total. The largest absolute Gasteiger partial charge is 0.481 e. The van der Waals surface area contributed by atoms with Crippen LogP contribution in [0.5, 0.6) is 0 Å². The van der Waals surface area contributed by atoms with Gasteiger partial charge in [-0.05, 0) is 36.8 Å². The van der Waals surface area contributed by atoms with Crippen molar-refractivity contribution in [2.45, 2.75) is 50.2 Å². The van der Waals surface area contributed by atoms with Crippen molar-refractivity contribution in [1.29, 1.82) is 0 Å². The molecule has 0 saturated carbocycles. The van der Waals surface area contributed by atoms with Crippen LogP contribution < -0.4 is 21.0 Å². The quantitative estimate of drug-likeness (QED) is 0.282. The number of carboxylic acids is 1. The maximum absolute atomic E-state index is 13.1. The number of aliphatic carboxylic acids is 1. The monoisotopic (exact) mass is 525 g/mol. The lowest BCUT2D eigenvalue weighted by Crippen LogP contribution is -2.56. The number of fused-ring (bicyclic) bond motifs is 1. The molecule has 2 aromatic carbocycles. The molecule has 1 aliphatic heterocycles. The number of carbonyl (C=O) groups is 5. The van der Waals surface area contributed by atoms with Gasteiger partial charge in [0.2, 0.25) is 5.91 Å². The molecule has 2 amide bonds. The van der Waals surface area contributed by atoms with Gasteiger partial charge in [0.25, 0.3) is 5.91 Å². The number of nitrogens with one attached hydrogen (secondary N) is 3. The number of carboxylic acid groups (broad SMARTS) is 1. The Hall–Kier alpha value is -3.83. The summed E-state index contributed by atoms with van der Waals surface area (Å²) < 4.78 is 0. The van der Waals surface area contributed by atoms with Gasteiger partial charge in [-0.2, -0.15) is 0 Å². The molecule has 3 rings (SSSR count). The normalized spacial score (nSPS) is 16.9. The van der Waals surface area contributed by atoms with Crippen molar-refractivity contribution >= 4 is 46.8 Å². The topological polar surface area (TPSA) is 148 Å². The molecule has 1 aliphatic rings. The summed E-state index contributed by atoms with van der Waals surface area (Å²) in [5.74, 6) is -1.67. The van der Waals surface area contributed by atoms with E-state index in [2.05, 4.69) is 16.1 Å². The molecule has 204 valence electrons. The van der Waals surface area contributed by atoms with Crippen LogP contribution in [0.15, 0.2) is 36.4 Å². The number of nitrogens with zero attached hydrogens (tertiary/aromatic N) is 2. The Balaban J connectivity index is 1.55. The molecule has 0 bridgehead atoms. The third-order valence-electron chi connectivity index (χ3n) is 6.54.